The van der Waals surface area contributed by atoms with Crippen LogP contribution in [0.2, 0.25) is 0 Å². The topological polar surface area (TPSA) is 58.6 Å². The fraction of sp³-hybridized carbons (Fsp3) is 0.909. The Hall–Kier alpha value is -0.610. The largest absolute Gasteiger partial charge is 0.391 e. The number of amides is 1. The highest BCUT2D eigenvalue weighted by molar-refractivity contribution is 5.79. The molecule has 88 valence electrons. The average Bonchev–Trinajstić information content (AvgIpc) is 2.60. The van der Waals surface area contributed by atoms with E-state index in [1.54, 1.807) is 0 Å². The van der Waals surface area contributed by atoms with Crippen LogP contribution in [0, 0.1) is 11.8 Å². The third-order valence-corrected chi connectivity index (χ3v) is 2.97. The van der Waals surface area contributed by atoms with Crippen LogP contribution in [-0.2, 0) is 9.53 Å². The van der Waals surface area contributed by atoms with Gasteiger partial charge in [0.25, 0.3) is 0 Å². The number of ether oxygens (including phenoxy) is 1. The molecular formula is C11H21NO3. The number of rotatable bonds is 4. The lowest BCUT2D eigenvalue weighted by Crippen LogP contribution is -2.39. The molecule has 1 aliphatic heterocycles. The summed E-state index contributed by atoms with van der Waals surface area (Å²) in [5, 5.41) is 12.3. The summed E-state index contributed by atoms with van der Waals surface area (Å²) in [6, 6.07) is 0. The van der Waals surface area contributed by atoms with Crippen LogP contribution < -0.4 is 5.32 Å². The second kappa shape index (κ2) is 5.47. The summed E-state index contributed by atoms with van der Waals surface area (Å²) >= 11 is 0. The molecule has 1 saturated heterocycles. The van der Waals surface area contributed by atoms with Crippen molar-refractivity contribution in [2.45, 2.75) is 39.4 Å². The molecule has 0 aromatic carbocycles. The van der Waals surface area contributed by atoms with Gasteiger partial charge in [-0.05, 0) is 19.3 Å². The second-order valence-electron chi connectivity index (χ2n) is 4.53. The maximum absolute atomic E-state index is 11.7. The van der Waals surface area contributed by atoms with E-state index in [0.29, 0.717) is 13.2 Å². The SMILES string of the molecule is CC(C)C(O)CNC(=O)C1CCOC1C. The first-order valence-electron chi connectivity index (χ1n) is 5.59. The molecule has 3 atom stereocenters. The molecule has 0 aromatic heterocycles. The summed E-state index contributed by atoms with van der Waals surface area (Å²) in [4.78, 5) is 11.7. The van der Waals surface area contributed by atoms with E-state index in [4.69, 9.17) is 4.74 Å². The highest BCUT2D eigenvalue weighted by Crippen LogP contribution is 2.20. The summed E-state index contributed by atoms with van der Waals surface area (Å²) in [7, 11) is 0. The van der Waals surface area contributed by atoms with Crippen molar-refractivity contribution >= 4 is 5.91 Å². The zero-order valence-corrected chi connectivity index (χ0v) is 9.69. The number of aliphatic hydroxyl groups excluding tert-OH is 1. The minimum Gasteiger partial charge on any atom is -0.391 e. The van der Waals surface area contributed by atoms with E-state index in [9.17, 15) is 9.90 Å². The van der Waals surface area contributed by atoms with Crippen molar-refractivity contribution in [3.8, 4) is 0 Å². The highest BCUT2D eigenvalue weighted by Gasteiger charge is 2.30. The molecule has 1 fully saturated rings. The van der Waals surface area contributed by atoms with Crippen LogP contribution in [0.3, 0.4) is 0 Å². The lowest BCUT2D eigenvalue weighted by molar-refractivity contribution is -0.126. The molecule has 1 heterocycles. The van der Waals surface area contributed by atoms with Crippen molar-refractivity contribution in [1.82, 2.24) is 5.32 Å². The van der Waals surface area contributed by atoms with Gasteiger partial charge in [0.15, 0.2) is 0 Å². The molecule has 4 nitrogen and oxygen atoms in total. The van der Waals surface area contributed by atoms with Crippen molar-refractivity contribution in [2.75, 3.05) is 13.2 Å². The number of hydrogen-bond acceptors (Lipinski definition) is 3. The fourth-order valence-electron chi connectivity index (χ4n) is 1.65. The smallest absolute Gasteiger partial charge is 0.225 e. The van der Waals surface area contributed by atoms with Gasteiger partial charge in [-0.25, -0.2) is 0 Å². The molecule has 0 saturated carbocycles. The molecular weight excluding hydrogens is 194 g/mol. The maximum Gasteiger partial charge on any atom is 0.225 e. The van der Waals surface area contributed by atoms with Crippen molar-refractivity contribution < 1.29 is 14.6 Å². The first kappa shape index (κ1) is 12.5. The van der Waals surface area contributed by atoms with E-state index in [2.05, 4.69) is 5.32 Å². The molecule has 0 aliphatic carbocycles. The highest BCUT2D eigenvalue weighted by atomic mass is 16.5. The summed E-state index contributed by atoms with van der Waals surface area (Å²) in [5.41, 5.74) is 0. The molecule has 1 aliphatic rings. The number of nitrogens with one attached hydrogen (secondary N) is 1. The third-order valence-electron chi connectivity index (χ3n) is 2.97. The first-order valence-corrected chi connectivity index (χ1v) is 5.59. The van der Waals surface area contributed by atoms with Gasteiger partial charge in [-0.1, -0.05) is 13.8 Å². The normalized spacial score (nSPS) is 28.1. The van der Waals surface area contributed by atoms with Gasteiger partial charge in [-0.2, -0.15) is 0 Å². The van der Waals surface area contributed by atoms with Crippen LogP contribution in [0.1, 0.15) is 27.2 Å². The number of carbonyl (C=O) groups excluding carboxylic acids is 1. The van der Waals surface area contributed by atoms with Crippen LogP contribution in [0.15, 0.2) is 0 Å². The summed E-state index contributed by atoms with van der Waals surface area (Å²) in [6.07, 6.45) is 0.317. The van der Waals surface area contributed by atoms with Gasteiger partial charge in [0, 0.05) is 13.2 Å². The number of aliphatic hydroxyl groups is 1. The zero-order valence-electron chi connectivity index (χ0n) is 9.69. The summed E-state index contributed by atoms with van der Waals surface area (Å²) in [5.74, 6) is 0.117. The Morgan fingerprint density at radius 1 is 1.60 bits per heavy atom. The summed E-state index contributed by atoms with van der Waals surface area (Å²) in [6.45, 7) is 6.76. The standard InChI is InChI=1S/C11H21NO3/c1-7(2)10(13)6-12-11(14)9-4-5-15-8(9)3/h7-10,13H,4-6H2,1-3H3,(H,12,14). The third kappa shape index (κ3) is 3.47. The molecule has 15 heavy (non-hydrogen) atoms. The van der Waals surface area contributed by atoms with E-state index < -0.39 is 6.10 Å². The lowest BCUT2D eigenvalue weighted by atomic mass is 10.0. The predicted molar refractivity (Wildman–Crippen MR) is 57.4 cm³/mol. The molecule has 0 radical (unpaired) electrons. The van der Waals surface area contributed by atoms with Crippen molar-refractivity contribution in [3.63, 3.8) is 0 Å². The van der Waals surface area contributed by atoms with Crippen LogP contribution in [-0.4, -0.2) is 36.4 Å². The Balaban J connectivity index is 2.29. The monoisotopic (exact) mass is 215 g/mol. The Morgan fingerprint density at radius 2 is 2.27 bits per heavy atom. The minimum atomic E-state index is -0.466. The Labute approximate surface area is 91.0 Å². The van der Waals surface area contributed by atoms with Crippen LogP contribution in [0.4, 0.5) is 0 Å². The molecule has 2 N–H and O–H groups in total. The van der Waals surface area contributed by atoms with Gasteiger partial charge in [-0.15, -0.1) is 0 Å². The van der Waals surface area contributed by atoms with Gasteiger partial charge >= 0.3 is 0 Å². The Kier molecular flexibility index (Phi) is 4.54. The van der Waals surface area contributed by atoms with Crippen molar-refractivity contribution in [2.24, 2.45) is 11.8 Å². The first-order chi connectivity index (χ1) is 7.02. The van der Waals surface area contributed by atoms with E-state index in [-0.39, 0.29) is 23.8 Å². The molecule has 1 amide bonds. The Morgan fingerprint density at radius 3 is 2.73 bits per heavy atom. The number of carbonyl (C=O) groups is 1. The van der Waals surface area contributed by atoms with Gasteiger partial charge in [0.05, 0.1) is 18.1 Å². The molecule has 4 heteroatoms. The minimum absolute atomic E-state index is 0.000278. The predicted octanol–water partition coefficient (Wildman–Crippen LogP) is 0.544. The molecule has 1 rings (SSSR count). The zero-order chi connectivity index (χ0) is 11.4. The van der Waals surface area contributed by atoms with Crippen LogP contribution in [0.25, 0.3) is 0 Å². The van der Waals surface area contributed by atoms with Gasteiger partial charge in [-0.3, -0.25) is 4.79 Å². The fourth-order valence-corrected chi connectivity index (χ4v) is 1.65. The second-order valence-corrected chi connectivity index (χ2v) is 4.53. The van der Waals surface area contributed by atoms with Gasteiger partial charge in [0.1, 0.15) is 0 Å². The molecule has 0 spiro atoms. The number of hydrogen-bond donors (Lipinski definition) is 2. The maximum atomic E-state index is 11.7. The van der Waals surface area contributed by atoms with Crippen molar-refractivity contribution in [1.29, 1.82) is 0 Å². The Bertz CT molecular complexity index is 218. The average molecular weight is 215 g/mol. The molecule has 0 bridgehead atoms. The molecule has 0 aromatic rings. The quantitative estimate of drug-likeness (QED) is 0.720. The van der Waals surface area contributed by atoms with Crippen LogP contribution in [0.5, 0.6) is 0 Å². The van der Waals surface area contributed by atoms with E-state index >= 15 is 0 Å². The van der Waals surface area contributed by atoms with Gasteiger partial charge < -0.3 is 15.2 Å². The molecule has 3 unspecified atom stereocenters. The van der Waals surface area contributed by atoms with Crippen LogP contribution >= 0.6 is 0 Å². The summed E-state index contributed by atoms with van der Waals surface area (Å²) < 4.78 is 5.32. The van der Waals surface area contributed by atoms with E-state index in [1.165, 1.54) is 0 Å². The van der Waals surface area contributed by atoms with E-state index in [0.717, 1.165) is 6.42 Å². The van der Waals surface area contributed by atoms with Crippen molar-refractivity contribution in [3.05, 3.63) is 0 Å². The van der Waals surface area contributed by atoms with Gasteiger partial charge in [0.2, 0.25) is 5.91 Å². The lowest BCUT2D eigenvalue weighted by Gasteiger charge is -2.18. The van der Waals surface area contributed by atoms with E-state index in [1.807, 2.05) is 20.8 Å².